The van der Waals surface area contributed by atoms with E-state index >= 15 is 0 Å². The lowest BCUT2D eigenvalue weighted by Gasteiger charge is -2.36. The first-order valence-corrected chi connectivity index (χ1v) is 14.5. The summed E-state index contributed by atoms with van der Waals surface area (Å²) in [6.07, 6.45) is 3.61. The highest BCUT2D eigenvalue weighted by Gasteiger charge is 2.23. The molecule has 1 aliphatic heterocycles. The first-order chi connectivity index (χ1) is 19.0. The van der Waals surface area contributed by atoms with Crippen LogP contribution in [0.4, 0.5) is 5.69 Å². The first-order valence-electron chi connectivity index (χ1n) is 13.8. The van der Waals surface area contributed by atoms with Gasteiger partial charge in [-0.1, -0.05) is 73.5 Å². The summed E-state index contributed by atoms with van der Waals surface area (Å²) in [5, 5.41) is 2.14. The minimum atomic E-state index is 0.328. The van der Waals surface area contributed by atoms with Gasteiger partial charge in [-0.05, 0) is 69.3 Å². The molecule has 0 radical (unpaired) electrons. The maximum Gasteiger partial charge on any atom is 0.149 e. The van der Waals surface area contributed by atoms with Gasteiger partial charge in [-0.15, -0.1) is 11.6 Å². The Kier molecular flexibility index (Phi) is 12.3. The standard InChI is InChI=1S/C31H41N5O.CH3Cl/c1-6-12-26-14-8-10-18-30(26)32-31(29-17-9-7-13-24(29)2)35-19-21-36(22-20-35)33-37-28-16-11-15-27(23-28)25(3)34(4)5;1-2/h7-11,13-18,23,25,33H,6,12,19-22H2,1-5H3;1H3. The Morgan fingerprint density at radius 3 is 2.36 bits per heavy atom. The molecule has 1 heterocycles. The minimum absolute atomic E-state index is 0.328. The van der Waals surface area contributed by atoms with Gasteiger partial charge in [0.15, 0.2) is 0 Å². The molecule has 0 aromatic heterocycles. The van der Waals surface area contributed by atoms with Gasteiger partial charge in [0.2, 0.25) is 0 Å². The Balaban J connectivity index is 0.00000205. The topological polar surface area (TPSA) is 43.3 Å². The molecule has 210 valence electrons. The first kappa shape index (κ1) is 30.6. The van der Waals surface area contributed by atoms with Crippen LogP contribution in [-0.4, -0.2) is 67.3 Å². The smallest absolute Gasteiger partial charge is 0.149 e. The summed E-state index contributed by atoms with van der Waals surface area (Å²) in [4.78, 5) is 15.8. The second-order valence-corrected chi connectivity index (χ2v) is 10.0. The van der Waals surface area contributed by atoms with Crippen molar-refractivity contribution in [1.82, 2.24) is 20.4 Å². The highest BCUT2D eigenvalue weighted by molar-refractivity contribution is 6.15. The number of nitrogens with one attached hydrogen (secondary N) is 1. The number of para-hydroxylation sites is 1. The van der Waals surface area contributed by atoms with E-state index in [0.717, 1.165) is 56.3 Å². The van der Waals surface area contributed by atoms with Crippen molar-refractivity contribution in [3.63, 3.8) is 0 Å². The SMILES string of the molecule is CCCc1ccccc1N=C(c1ccccc1C)N1CCN(NOc2cccc(C(C)N(C)C)c2)CC1.CCl. The number of hydrogen-bond acceptors (Lipinski definition) is 5. The van der Waals surface area contributed by atoms with Crippen LogP contribution in [0, 0.1) is 6.92 Å². The van der Waals surface area contributed by atoms with E-state index in [1.54, 1.807) is 0 Å². The van der Waals surface area contributed by atoms with Crippen LogP contribution in [0.25, 0.3) is 0 Å². The molecule has 1 N–H and O–H groups in total. The summed E-state index contributed by atoms with van der Waals surface area (Å²) in [6.45, 7) is 9.95. The molecule has 1 aliphatic rings. The van der Waals surface area contributed by atoms with Crippen LogP contribution in [0.3, 0.4) is 0 Å². The molecule has 3 aromatic rings. The van der Waals surface area contributed by atoms with E-state index in [0.29, 0.717) is 6.04 Å². The highest BCUT2D eigenvalue weighted by atomic mass is 35.5. The Bertz CT molecular complexity index is 1190. The number of aryl methyl sites for hydroxylation is 2. The normalized spacial score (nSPS) is 15.1. The van der Waals surface area contributed by atoms with E-state index in [9.17, 15) is 0 Å². The lowest BCUT2D eigenvalue weighted by Crippen LogP contribution is -2.54. The summed E-state index contributed by atoms with van der Waals surface area (Å²) >= 11 is 4.64. The second kappa shape index (κ2) is 15.6. The van der Waals surface area contributed by atoms with E-state index in [-0.39, 0.29) is 0 Å². The van der Waals surface area contributed by atoms with Crippen LogP contribution >= 0.6 is 11.6 Å². The van der Waals surface area contributed by atoms with Gasteiger partial charge in [-0.25, -0.2) is 10.0 Å². The van der Waals surface area contributed by atoms with E-state index in [1.807, 2.05) is 12.1 Å². The third-order valence-corrected chi connectivity index (χ3v) is 7.11. The van der Waals surface area contributed by atoms with Crippen molar-refractivity contribution in [2.45, 2.75) is 39.7 Å². The molecular weight excluding hydrogens is 506 g/mol. The highest BCUT2D eigenvalue weighted by Crippen LogP contribution is 2.25. The van der Waals surface area contributed by atoms with Gasteiger partial charge in [0.05, 0.1) is 5.69 Å². The number of amidine groups is 1. The van der Waals surface area contributed by atoms with Gasteiger partial charge in [0.25, 0.3) is 0 Å². The molecule has 0 bridgehead atoms. The van der Waals surface area contributed by atoms with Gasteiger partial charge in [-0.2, -0.15) is 0 Å². The predicted octanol–water partition coefficient (Wildman–Crippen LogP) is 6.62. The van der Waals surface area contributed by atoms with Crippen LogP contribution in [0.2, 0.25) is 0 Å². The predicted molar refractivity (Wildman–Crippen MR) is 165 cm³/mol. The fraction of sp³-hybridized carbons (Fsp3) is 0.406. The van der Waals surface area contributed by atoms with Crippen molar-refractivity contribution >= 4 is 23.1 Å². The van der Waals surface area contributed by atoms with Crippen molar-refractivity contribution < 1.29 is 4.84 Å². The monoisotopic (exact) mass is 549 g/mol. The molecule has 0 saturated carbocycles. The Hall–Kier alpha value is -2.90. The molecule has 1 atom stereocenters. The van der Waals surface area contributed by atoms with Crippen molar-refractivity contribution in [1.29, 1.82) is 0 Å². The van der Waals surface area contributed by atoms with E-state index in [2.05, 4.69) is 128 Å². The van der Waals surface area contributed by atoms with Crippen molar-refractivity contribution in [2.75, 3.05) is 46.7 Å². The van der Waals surface area contributed by atoms with Crippen LogP contribution in [0.1, 0.15) is 48.6 Å². The van der Waals surface area contributed by atoms with Crippen molar-refractivity contribution in [3.05, 3.63) is 95.1 Å². The van der Waals surface area contributed by atoms with Crippen molar-refractivity contribution in [2.24, 2.45) is 4.99 Å². The number of benzene rings is 3. The zero-order valence-electron chi connectivity index (χ0n) is 24.3. The molecule has 39 heavy (non-hydrogen) atoms. The molecule has 1 unspecified atom stereocenters. The molecular formula is C32H44ClN5O. The zero-order chi connectivity index (χ0) is 28.2. The lowest BCUT2D eigenvalue weighted by atomic mass is 10.1. The fourth-order valence-corrected chi connectivity index (χ4v) is 4.60. The molecule has 7 heteroatoms. The Labute approximate surface area is 240 Å². The third kappa shape index (κ3) is 8.54. The van der Waals surface area contributed by atoms with Gasteiger partial charge in [-0.3, -0.25) is 0 Å². The van der Waals surface area contributed by atoms with Gasteiger partial charge >= 0.3 is 0 Å². The van der Waals surface area contributed by atoms with Crippen LogP contribution in [0.5, 0.6) is 5.75 Å². The largest absolute Gasteiger partial charge is 0.394 e. The minimum Gasteiger partial charge on any atom is -0.394 e. The number of alkyl halides is 1. The summed E-state index contributed by atoms with van der Waals surface area (Å²) in [6, 6.07) is 25.7. The molecule has 3 aromatic carbocycles. The molecule has 6 nitrogen and oxygen atoms in total. The average molecular weight is 550 g/mol. The average Bonchev–Trinajstić information content (AvgIpc) is 2.97. The molecule has 0 aliphatic carbocycles. The van der Waals surface area contributed by atoms with E-state index < -0.39 is 0 Å². The number of hydrogen-bond donors (Lipinski definition) is 1. The summed E-state index contributed by atoms with van der Waals surface area (Å²) < 4.78 is 0. The number of halogens is 1. The Morgan fingerprint density at radius 2 is 1.67 bits per heavy atom. The molecule has 4 rings (SSSR count). The third-order valence-electron chi connectivity index (χ3n) is 7.11. The number of piperazine rings is 1. The fourth-order valence-electron chi connectivity index (χ4n) is 4.60. The molecule has 1 saturated heterocycles. The number of aliphatic imine (C=N–C) groups is 1. The summed E-state index contributed by atoms with van der Waals surface area (Å²) in [5.74, 6) is 1.87. The second-order valence-electron chi connectivity index (χ2n) is 10.0. The van der Waals surface area contributed by atoms with Gasteiger partial charge < -0.3 is 14.6 Å². The molecule has 1 fully saturated rings. The number of hydrazine groups is 1. The molecule has 0 amide bonds. The maximum absolute atomic E-state index is 5.96. The maximum atomic E-state index is 5.96. The number of nitrogens with zero attached hydrogens (tertiary/aromatic N) is 4. The van der Waals surface area contributed by atoms with Crippen LogP contribution in [0.15, 0.2) is 77.8 Å². The van der Waals surface area contributed by atoms with Crippen molar-refractivity contribution in [3.8, 4) is 5.75 Å². The lowest BCUT2D eigenvalue weighted by molar-refractivity contribution is -0.0172. The summed E-state index contributed by atoms with van der Waals surface area (Å²) in [5.41, 5.74) is 9.21. The van der Waals surface area contributed by atoms with E-state index in [4.69, 9.17) is 9.83 Å². The molecule has 0 spiro atoms. The summed E-state index contributed by atoms with van der Waals surface area (Å²) in [7, 11) is 4.18. The number of rotatable bonds is 9. The Morgan fingerprint density at radius 1 is 0.974 bits per heavy atom. The van der Waals surface area contributed by atoms with E-state index in [1.165, 1.54) is 28.6 Å². The van der Waals surface area contributed by atoms with Gasteiger partial charge in [0.1, 0.15) is 11.6 Å². The van der Waals surface area contributed by atoms with Crippen LogP contribution in [-0.2, 0) is 6.42 Å². The van der Waals surface area contributed by atoms with Gasteiger partial charge in [0, 0.05) is 44.2 Å². The quantitative estimate of drug-likeness (QED) is 0.141. The van der Waals surface area contributed by atoms with Crippen LogP contribution < -0.4 is 10.4 Å². The zero-order valence-corrected chi connectivity index (χ0v) is 25.1.